The number of hydrogen-bond acceptors (Lipinski definition) is 2. The molecular formula is C24H19F3O2. The molecule has 0 saturated heterocycles. The average Bonchev–Trinajstić information content (AvgIpc) is 2.68. The van der Waals surface area contributed by atoms with Gasteiger partial charge in [-0.2, -0.15) is 13.2 Å². The van der Waals surface area contributed by atoms with Crippen molar-refractivity contribution in [3.05, 3.63) is 101 Å². The second kappa shape index (κ2) is 7.39. The summed E-state index contributed by atoms with van der Waals surface area (Å²) in [5, 5.41) is 10.1. The van der Waals surface area contributed by atoms with Gasteiger partial charge in [0.2, 0.25) is 0 Å². The monoisotopic (exact) mass is 396 g/mol. The lowest BCUT2D eigenvalue weighted by atomic mass is 9.57. The molecule has 3 atom stereocenters. The number of benzene rings is 3. The van der Waals surface area contributed by atoms with Crippen molar-refractivity contribution in [1.82, 2.24) is 0 Å². The van der Waals surface area contributed by atoms with Gasteiger partial charge in [-0.05, 0) is 47.7 Å². The van der Waals surface area contributed by atoms with Crippen LogP contribution in [0.25, 0.3) is 0 Å². The Kier molecular flexibility index (Phi) is 4.91. The zero-order valence-corrected chi connectivity index (χ0v) is 15.4. The van der Waals surface area contributed by atoms with E-state index in [1.54, 1.807) is 18.2 Å². The molecule has 2 nitrogen and oxygen atoms in total. The van der Waals surface area contributed by atoms with Crippen LogP contribution in [0.2, 0.25) is 0 Å². The number of ketones is 1. The van der Waals surface area contributed by atoms with Crippen LogP contribution in [-0.4, -0.2) is 10.9 Å². The molecule has 1 fully saturated rings. The van der Waals surface area contributed by atoms with Crippen LogP contribution in [0.15, 0.2) is 78.9 Å². The zero-order valence-electron chi connectivity index (χ0n) is 15.4. The summed E-state index contributed by atoms with van der Waals surface area (Å²) in [6.07, 6.45) is -3.81. The first-order valence-corrected chi connectivity index (χ1v) is 9.40. The number of alkyl halides is 3. The number of para-hydroxylation sites is 1. The third-order valence-electron chi connectivity index (χ3n) is 5.73. The van der Waals surface area contributed by atoms with Crippen molar-refractivity contribution in [2.45, 2.75) is 24.4 Å². The minimum atomic E-state index is -4.40. The first-order valence-electron chi connectivity index (χ1n) is 9.40. The molecule has 4 rings (SSSR count). The Morgan fingerprint density at radius 3 is 2.07 bits per heavy atom. The predicted molar refractivity (Wildman–Crippen MR) is 104 cm³/mol. The average molecular weight is 396 g/mol. The Morgan fingerprint density at radius 2 is 1.45 bits per heavy atom. The highest BCUT2D eigenvalue weighted by atomic mass is 19.4. The molecule has 5 heteroatoms. The molecule has 3 aromatic rings. The number of carbonyl (C=O) groups excluding carboxylic acids is 1. The molecule has 0 amide bonds. The van der Waals surface area contributed by atoms with Crippen LogP contribution < -0.4 is 0 Å². The standard InChI is InChI=1S/C24H19F3O2/c25-24(26,27)17-12-10-16(11-13-17)22-19(15-6-2-1-3-7-15)14-20(22)23(29)18-8-4-5-9-21(18)28/h1-13,19-20,22,28H,14H2/t19-,20-,22-/m1/s1. The van der Waals surface area contributed by atoms with Crippen molar-refractivity contribution in [2.24, 2.45) is 5.92 Å². The van der Waals surface area contributed by atoms with Gasteiger partial charge in [-0.1, -0.05) is 54.6 Å². The normalized spacial score (nSPS) is 21.4. The van der Waals surface area contributed by atoms with E-state index in [-0.39, 0.29) is 28.9 Å². The quantitative estimate of drug-likeness (QED) is 0.535. The molecule has 0 aromatic heterocycles. The van der Waals surface area contributed by atoms with E-state index in [1.807, 2.05) is 30.3 Å². The molecule has 29 heavy (non-hydrogen) atoms. The van der Waals surface area contributed by atoms with E-state index in [2.05, 4.69) is 0 Å². The lowest BCUT2D eigenvalue weighted by molar-refractivity contribution is -0.137. The maximum Gasteiger partial charge on any atom is 0.416 e. The van der Waals surface area contributed by atoms with Gasteiger partial charge < -0.3 is 5.11 Å². The van der Waals surface area contributed by atoms with Gasteiger partial charge in [-0.15, -0.1) is 0 Å². The molecule has 0 aliphatic heterocycles. The second-order valence-electron chi connectivity index (χ2n) is 7.39. The summed E-state index contributed by atoms with van der Waals surface area (Å²) in [7, 11) is 0. The SMILES string of the molecule is O=C(c1ccccc1O)[C@@H]1C[C@H](c2ccccc2)[C@H]1c1ccc(C(F)(F)F)cc1. The fourth-order valence-corrected chi connectivity index (χ4v) is 4.21. The summed E-state index contributed by atoms with van der Waals surface area (Å²) in [4.78, 5) is 13.1. The highest BCUT2D eigenvalue weighted by Gasteiger charge is 2.47. The van der Waals surface area contributed by atoms with Gasteiger partial charge in [0.05, 0.1) is 11.1 Å². The first-order chi connectivity index (χ1) is 13.9. The number of hydrogen-bond donors (Lipinski definition) is 1. The van der Waals surface area contributed by atoms with Crippen LogP contribution in [0.1, 0.15) is 45.3 Å². The molecule has 1 saturated carbocycles. The maximum absolute atomic E-state index is 13.1. The third kappa shape index (κ3) is 3.65. The Morgan fingerprint density at radius 1 is 0.828 bits per heavy atom. The van der Waals surface area contributed by atoms with Gasteiger partial charge in [0.1, 0.15) is 5.75 Å². The molecule has 1 aliphatic rings. The van der Waals surface area contributed by atoms with E-state index in [0.717, 1.165) is 17.7 Å². The van der Waals surface area contributed by atoms with Crippen molar-refractivity contribution in [3.63, 3.8) is 0 Å². The van der Waals surface area contributed by atoms with Crippen LogP contribution in [-0.2, 0) is 6.18 Å². The fraction of sp³-hybridized carbons (Fsp3) is 0.208. The largest absolute Gasteiger partial charge is 0.507 e. The summed E-state index contributed by atoms with van der Waals surface area (Å²) in [6.45, 7) is 0. The maximum atomic E-state index is 13.1. The van der Waals surface area contributed by atoms with Crippen LogP contribution in [0.5, 0.6) is 5.75 Å². The van der Waals surface area contributed by atoms with Gasteiger partial charge in [-0.3, -0.25) is 4.79 Å². The lowest BCUT2D eigenvalue weighted by Crippen LogP contribution is -2.38. The third-order valence-corrected chi connectivity index (χ3v) is 5.73. The first kappa shape index (κ1) is 19.2. The zero-order chi connectivity index (χ0) is 20.6. The molecule has 1 aliphatic carbocycles. The van der Waals surface area contributed by atoms with Crippen molar-refractivity contribution in [1.29, 1.82) is 0 Å². The van der Waals surface area contributed by atoms with E-state index in [9.17, 15) is 23.1 Å². The van der Waals surface area contributed by atoms with Gasteiger partial charge >= 0.3 is 6.18 Å². The number of phenolic OH excluding ortho intramolecular Hbond substituents is 1. The highest BCUT2D eigenvalue weighted by molar-refractivity contribution is 6.01. The Labute approximate surface area is 166 Å². The Hall–Kier alpha value is -3.08. The van der Waals surface area contributed by atoms with E-state index < -0.39 is 17.7 Å². The number of aromatic hydroxyl groups is 1. The van der Waals surface area contributed by atoms with Crippen LogP contribution in [0.3, 0.4) is 0 Å². The second-order valence-corrected chi connectivity index (χ2v) is 7.39. The summed E-state index contributed by atoms with van der Waals surface area (Å²) in [6, 6.07) is 21.1. The number of Topliss-reactive ketones (excluding diaryl/α,β-unsaturated/α-hetero) is 1. The van der Waals surface area contributed by atoms with E-state index in [4.69, 9.17) is 0 Å². The number of halogens is 3. The number of phenols is 1. The summed E-state index contributed by atoms with van der Waals surface area (Å²) >= 11 is 0. The van der Waals surface area contributed by atoms with Crippen LogP contribution in [0.4, 0.5) is 13.2 Å². The Bertz CT molecular complexity index is 1010. The molecule has 0 unspecified atom stereocenters. The van der Waals surface area contributed by atoms with Gasteiger partial charge in [-0.25, -0.2) is 0 Å². The fourth-order valence-electron chi connectivity index (χ4n) is 4.21. The van der Waals surface area contributed by atoms with Crippen molar-refractivity contribution in [2.75, 3.05) is 0 Å². The van der Waals surface area contributed by atoms with Crippen molar-refractivity contribution < 1.29 is 23.1 Å². The van der Waals surface area contributed by atoms with Crippen LogP contribution in [0, 0.1) is 5.92 Å². The molecule has 0 radical (unpaired) electrons. The smallest absolute Gasteiger partial charge is 0.416 e. The van der Waals surface area contributed by atoms with Gasteiger partial charge in [0.25, 0.3) is 0 Å². The molecule has 0 bridgehead atoms. The van der Waals surface area contributed by atoms with Crippen LogP contribution >= 0.6 is 0 Å². The predicted octanol–water partition coefficient (Wildman–Crippen LogP) is 6.18. The van der Waals surface area contributed by atoms with E-state index in [1.165, 1.54) is 18.2 Å². The number of rotatable bonds is 4. The van der Waals surface area contributed by atoms with Crippen molar-refractivity contribution >= 4 is 5.78 Å². The number of carbonyl (C=O) groups is 1. The summed E-state index contributed by atoms with van der Waals surface area (Å²) < 4.78 is 38.8. The van der Waals surface area contributed by atoms with Gasteiger partial charge in [0, 0.05) is 11.8 Å². The van der Waals surface area contributed by atoms with E-state index >= 15 is 0 Å². The summed E-state index contributed by atoms with van der Waals surface area (Å²) in [5.41, 5.74) is 1.30. The minimum Gasteiger partial charge on any atom is -0.507 e. The topological polar surface area (TPSA) is 37.3 Å². The van der Waals surface area contributed by atoms with Crippen molar-refractivity contribution in [3.8, 4) is 5.75 Å². The molecule has 1 N–H and O–H groups in total. The molecular weight excluding hydrogens is 377 g/mol. The lowest BCUT2D eigenvalue weighted by Gasteiger charge is -2.45. The van der Waals surface area contributed by atoms with E-state index in [0.29, 0.717) is 12.0 Å². The molecule has 148 valence electrons. The Balaban J connectivity index is 1.69. The molecule has 3 aromatic carbocycles. The highest BCUT2D eigenvalue weighted by Crippen LogP contribution is 2.55. The minimum absolute atomic E-state index is 0.0349. The molecule has 0 spiro atoms. The molecule has 0 heterocycles. The summed E-state index contributed by atoms with van der Waals surface area (Å²) in [5.74, 6) is -0.864. The van der Waals surface area contributed by atoms with Gasteiger partial charge in [0.15, 0.2) is 5.78 Å².